The topological polar surface area (TPSA) is 105 Å². The van der Waals surface area contributed by atoms with Crippen molar-refractivity contribution in [1.29, 1.82) is 0 Å². The first kappa shape index (κ1) is 31.3. The van der Waals surface area contributed by atoms with E-state index in [2.05, 4.69) is 5.32 Å². The molecule has 5 rings (SSSR count). The minimum absolute atomic E-state index is 0.0230. The van der Waals surface area contributed by atoms with Crippen LogP contribution in [0.1, 0.15) is 43.2 Å². The Bertz CT molecular complexity index is 1560. The van der Waals surface area contributed by atoms with Crippen molar-refractivity contribution in [2.24, 2.45) is 0 Å². The summed E-state index contributed by atoms with van der Waals surface area (Å²) >= 11 is 0. The Kier molecular flexibility index (Phi) is 10.0. The Hall–Kier alpha value is -4.12. The number of rotatable bonds is 11. The Labute approximate surface area is 258 Å². The van der Waals surface area contributed by atoms with Crippen molar-refractivity contribution < 1.29 is 31.9 Å². The van der Waals surface area contributed by atoms with Gasteiger partial charge in [0.05, 0.1) is 11.9 Å². The second-order valence-corrected chi connectivity index (χ2v) is 13.2. The van der Waals surface area contributed by atoms with Crippen molar-refractivity contribution in [2.75, 3.05) is 30.3 Å². The first-order valence-electron chi connectivity index (χ1n) is 14.9. The lowest BCUT2D eigenvalue weighted by Gasteiger charge is -2.35. The standard InChI is InChI=1S/C33H38FN3O6S/c1-44(40,41)37(27-16-17-30-31(21-27)43-19-18-42-30)23-32(38)36(22-25-12-8-9-15-28(25)34)29(20-24-10-4-2-5-11-24)33(39)35-26-13-6-3-7-14-26/h2,4-5,8-12,15-17,21,26,29H,3,6-7,13-14,18-20,22-23H2,1H3,(H,35,39)/t29-/m1/s1. The van der Waals surface area contributed by atoms with E-state index in [0.717, 1.165) is 48.2 Å². The van der Waals surface area contributed by atoms with Gasteiger partial charge < -0.3 is 19.7 Å². The zero-order valence-electron chi connectivity index (χ0n) is 24.8. The molecule has 3 aromatic carbocycles. The Morgan fingerprint density at radius 2 is 1.61 bits per heavy atom. The second-order valence-electron chi connectivity index (χ2n) is 11.3. The normalized spacial score (nSPS) is 15.7. The number of hydrogen-bond donors (Lipinski definition) is 1. The van der Waals surface area contributed by atoms with Crippen molar-refractivity contribution in [3.63, 3.8) is 0 Å². The number of sulfonamides is 1. The Morgan fingerprint density at radius 1 is 0.932 bits per heavy atom. The molecule has 2 amide bonds. The molecule has 0 saturated heterocycles. The maximum atomic E-state index is 15.0. The summed E-state index contributed by atoms with van der Waals surface area (Å²) in [7, 11) is -3.97. The predicted molar refractivity (Wildman–Crippen MR) is 166 cm³/mol. The minimum atomic E-state index is -3.97. The van der Waals surface area contributed by atoms with Crippen molar-refractivity contribution in [1.82, 2.24) is 10.2 Å². The summed E-state index contributed by atoms with van der Waals surface area (Å²) in [5, 5.41) is 3.14. The fourth-order valence-electron chi connectivity index (χ4n) is 5.71. The van der Waals surface area contributed by atoms with Gasteiger partial charge in [0, 0.05) is 30.6 Å². The lowest BCUT2D eigenvalue weighted by Crippen LogP contribution is -2.55. The minimum Gasteiger partial charge on any atom is -0.486 e. The number of halogens is 1. The van der Waals surface area contributed by atoms with Gasteiger partial charge in [0.1, 0.15) is 31.6 Å². The van der Waals surface area contributed by atoms with E-state index >= 15 is 0 Å². The molecule has 9 nitrogen and oxygen atoms in total. The van der Waals surface area contributed by atoms with Gasteiger partial charge in [-0.15, -0.1) is 0 Å². The molecule has 2 aliphatic rings. The first-order valence-corrected chi connectivity index (χ1v) is 16.8. The predicted octanol–water partition coefficient (Wildman–Crippen LogP) is 4.45. The van der Waals surface area contributed by atoms with Crippen LogP contribution in [-0.2, 0) is 32.6 Å². The Balaban J connectivity index is 1.51. The third-order valence-electron chi connectivity index (χ3n) is 8.01. The number of anilines is 1. The summed E-state index contributed by atoms with van der Waals surface area (Å²) in [5.74, 6) is -0.678. The van der Waals surface area contributed by atoms with Crippen LogP contribution in [0.25, 0.3) is 0 Å². The summed E-state index contributed by atoms with van der Waals surface area (Å²) in [6, 6.07) is 19.0. The molecule has 0 spiro atoms. The number of carbonyl (C=O) groups excluding carboxylic acids is 2. The van der Waals surface area contributed by atoms with Gasteiger partial charge in [-0.1, -0.05) is 67.8 Å². The van der Waals surface area contributed by atoms with Crippen LogP contribution in [-0.4, -0.2) is 63.2 Å². The number of fused-ring (bicyclic) bond motifs is 1. The average Bonchev–Trinajstić information content (AvgIpc) is 3.02. The summed E-state index contributed by atoms with van der Waals surface area (Å²) < 4.78 is 53.3. The summed E-state index contributed by atoms with van der Waals surface area (Å²) in [6.45, 7) is -0.145. The molecule has 1 saturated carbocycles. The molecule has 1 aliphatic carbocycles. The van der Waals surface area contributed by atoms with Gasteiger partial charge in [-0.2, -0.15) is 0 Å². The van der Waals surface area contributed by atoms with E-state index in [4.69, 9.17) is 9.47 Å². The molecular formula is C33H38FN3O6S. The maximum Gasteiger partial charge on any atom is 0.244 e. The van der Waals surface area contributed by atoms with E-state index in [1.54, 1.807) is 30.3 Å². The molecule has 1 N–H and O–H groups in total. The number of nitrogens with one attached hydrogen (secondary N) is 1. The van der Waals surface area contributed by atoms with Gasteiger partial charge in [-0.3, -0.25) is 13.9 Å². The van der Waals surface area contributed by atoms with E-state index in [-0.39, 0.29) is 36.2 Å². The summed E-state index contributed by atoms with van der Waals surface area (Å²) in [5.41, 5.74) is 1.24. The Morgan fingerprint density at radius 3 is 2.32 bits per heavy atom. The van der Waals surface area contributed by atoms with Crippen LogP contribution in [0.3, 0.4) is 0 Å². The number of benzene rings is 3. The molecule has 0 unspecified atom stereocenters. The molecule has 1 heterocycles. The van der Waals surface area contributed by atoms with Gasteiger partial charge in [0.25, 0.3) is 0 Å². The monoisotopic (exact) mass is 623 g/mol. The molecule has 234 valence electrons. The molecule has 0 radical (unpaired) electrons. The fraction of sp³-hybridized carbons (Fsp3) is 0.394. The van der Waals surface area contributed by atoms with Crippen molar-refractivity contribution in [3.05, 3.63) is 89.7 Å². The number of nitrogens with zero attached hydrogens (tertiary/aromatic N) is 2. The first-order chi connectivity index (χ1) is 21.2. The average molecular weight is 624 g/mol. The molecule has 1 atom stereocenters. The number of amides is 2. The van der Waals surface area contributed by atoms with E-state index in [0.29, 0.717) is 24.7 Å². The fourth-order valence-corrected chi connectivity index (χ4v) is 6.55. The number of ether oxygens (including phenoxy) is 2. The quantitative estimate of drug-likeness (QED) is 0.339. The SMILES string of the molecule is CS(=O)(=O)N(CC(=O)N(Cc1ccccc1F)[C@H](Cc1ccccc1)C(=O)NC1CCCCC1)c1ccc2c(c1)OCCO2. The molecule has 0 bridgehead atoms. The van der Waals surface area contributed by atoms with Gasteiger partial charge in [-0.25, -0.2) is 12.8 Å². The van der Waals surface area contributed by atoms with E-state index in [9.17, 15) is 22.4 Å². The second kappa shape index (κ2) is 14.1. The number of carbonyl (C=O) groups is 2. The molecule has 1 fully saturated rings. The highest BCUT2D eigenvalue weighted by Gasteiger charge is 2.34. The molecule has 3 aromatic rings. The van der Waals surface area contributed by atoms with Crippen LogP contribution in [0, 0.1) is 5.82 Å². The van der Waals surface area contributed by atoms with Crippen molar-refractivity contribution in [2.45, 2.75) is 57.2 Å². The van der Waals surface area contributed by atoms with Crippen LogP contribution >= 0.6 is 0 Å². The van der Waals surface area contributed by atoms with Gasteiger partial charge in [0.15, 0.2) is 11.5 Å². The zero-order chi connectivity index (χ0) is 31.1. The van der Waals surface area contributed by atoms with Crippen LogP contribution < -0.4 is 19.1 Å². The van der Waals surface area contributed by atoms with Crippen molar-refractivity contribution >= 4 is 27.5 Å². The highest BCUT2D eigenvalue weighted by atomic mass is 32.2. The van der Waals surface area contributed by atoms with E-state index in [1.807, 2.05) is 30.3 Å². The summed E-state index contributed by atoms with van der Waals surface area (Å²) in [4.78, 5) is 29.6. The summed E-state index contributed by atoms with van der Waals surface area (Å²) in [6.07, 6.45) is 5.99. The van der Waals surface area contributed by atoms with E-state index < -0.39 is 34.3 Å². The van der Waals surface area contributed by atoms with Gasteiger partial charge in [-0.05, 0) is 36.6 Å². The molecular weight excluding hydrogens is 585 g/mol. The van der Waals surface area contributed by atoms with E-state index in [1.165, 1.54) is 17.0 Å². The zero-order valence-corrected chi connectivity index (χ0v) is 25.6. The molecule has 1 aliphatic heterocycles. The van der Waals surface area contributed by atoms with Crippen LogP contribution in [0.2, 0.25) is 0 Å². The lowest BCUT2D eigenvalue weighted by molar-refractivity contribution is -0.140. The van der Waals surface area contributed by atoms with Crippen LogP contribution in [0.4, 0.5) is 10.1 Å². The molecule has 0 aromatic heterocycles. The van der Waals surface area contributed by atoms with Crippen LogP contribution in [0.15, 0.2) is 72.8 Å². The van der Waals surface area contributed by atoms with Gasteiger partial charge in [0.2, 0.25) is 21.8 Å². The largest absolute Gasteiger partial charge is 0.486 e. The van der Waals surface area contributed by atoms with Crippen LogP contribution in [0.5, 0.6) is 11.5 Å². The highest BCUT2D eigenvalue weighted by molar-refractivity contribution is 7.92. The molecule has 11 heteroatoms. The smallest absolute Gasteiger partial charge is 0.244 e. The number of hydrogen-bond acceptors (Lipinski definition) is 6. The third kappa shape index (κ3) is 7.88. The maximum absolute atomic E-state index is 15.0. The van der Waals surface area contributed by atoms with Gasteiger partial charge >= 0.3 is 0 Å². The molecule has 44 heavy (non-hydrogen) atoms. The lowest BCUT2D eigenvalue weighted by atomic mass is 9.94. The third-order valence-corrected chi connectivity index (χ3v) is 9.15. The van der Waals surface area contributed by atoms with Crippen molar-refractivity contribution in [3.8, 4) is 11.5 Å². The highest BCUT2D eigenvalue weighted by Crippen LogP contribution is 2.35.